The van der Waals surface area contributed by atoms with Gasteiger partial charge in [0.2, 0.25) is 0 Å². The summed E-state index contributed by atoms with van der Waals surface area (Å²) in [6, 6.07) is 0. The lowest BCUT2D eigenvalue weighted by Crippen LogP contribution is -1.98. The molecule has 6 atom stereocenters. The van der Waals surface area contributed by atoms with Gasteiger partial charge in [0.25, 0.3) is 0 Å². The van der Waals surface area contributed by atoms with Crippen LogP contribution in [0.4, 0.5) is 0 Å². The van der Waals surface area contributed by atoms with E-state index in [1.807, 2.05) is 0 Å². The second kappa shape index (κ2) is 2.76. The van der Waals surface area contributed by atoms with Gasteiger partial charge in [0.05, 0.1) is 0 Å². The normalized spacial score (nSPS) is 61.1. The topological polar surface area (TPSA) is 0 Å². The summed E-state index contributed by atoms with van der Waals surface area (Å²) < 4.78 is -2.04. The van der Waals surface area contributed by atoms with Crippen LogP contribution < -0.4 is 0 Å². The highest BCUT2D eigenvalue weighted by atomic mass is 35.5. The maximum atomic E-state index is 6.31. The van der Waals surface area contributed by atoms with Crippen LogP contribution in [-0.2, 0) is 0 Å². The molecule has 0 heterocycles. The molecular weight excluding hydrogens is 333 g/mol. The van der Waals surface area contributed by atoms with Crippen molar-refractivity contribution in [2.75, 3.05) is 0 Å². The van der Waals surface area contributed by atoms with Crippen LogP contribution in [0.15, 0.2) is 0 Å². The highest BCUT2D eigenvalue weighted by Gasteiger charge is 2.88. The average molecular weight is 341 g/mol. The van der Waals surface area contributed by atoms with E-state index in [0.29, 0.717) is 0 Å². The second-order valence-corrected chi connectivity index (χ2v) is 9.91. The third kappa shape index (κ3) is 1.10. The van der Waals surface area contributed by atoms with Crippen molar-refractivity contribution in [3.05, 3.63) is 0 Å². The van der Waals surface area contributed by atoms with Crippen molar-refractivity contribution >= 4 is 69.6 Å². The van der Waals surface area contributed by atoms with Crippen molar-refractivity contribution in [2.24, 2.45) is 35.5 Å². The molecule has 16 heavy (non-hydrogen) atoms. The molecule has 0 aromatic carbocycles. The van der Waals surface area contributed by atoms with E-state index in [0.717, 1.165) is 6.42 Å². The molecule has 0 N–H and O–H groups in total. The predicted molar refractivity (Wildman–Crippen MR) is 68.9 cm³/mol. The molecule has 90 valence electrons. The standard InChI is InChI=1S/C10H8Cl6/c11-8(12)2-1-3-5(9(3,13)14)7-6(4(2)8)10(7,15)16/h2-7H,1H2/t2-,3-,4-,5-,6-,7-/m1/s1. The van der Waals surface area contributed by atoms with Gasteiger partial charge < -0.3 is 0 Å². The van der Waals surface area contributed by atoms with E-state index in [-0.39, 0.29) is 35.5 Å². The highest BCUT2D eigenvalue weighted by Crippen LogP contribution is 2.87. The van der Waals surface area contributed by atoms with Crippen LogP contribution in [0.3, 0.4) is 0 Å². The van der Waals surface area contributed by atoms with Gasteiger partial charge in [-0.2, -0.15) is 0 Å². The molecule has 0 aromatic rings. The van der Waals surface area contributed by atoms with Crippen molar-refractivity contribution in [1.82, 2.24) is 0 Å². The third-order valence-corrected chi connectivity index (χ3v) is 8.11. The first-order valence-corrected chi connectivity index (χ1v) is 7.62. The Labute approximate surface area is 124 Å². The van der Waals surface area contributed by atoms with Gasteiger partial charge in [-0.05, 0) is 18.3 Å². The van der Waals surface area contributed by atoms with Gasteiger partial charge in [-0.15, -0.1) is 69.6 Å². The van der Waals surface area contributed by atoms with E-state index in [1.165, 1.54) is 0 Å². The lowest BCUT2D eigenvalue weighted by atomic mass is 10.1. The SMILES string of the molecule is ClC1(Cl)[C@H]2[C@H]1[C@H]1[C@@H](C[C@@H]3[C@H]2C3(Cl)Cl)C1(Cl)Cl. The monoisotopic (exact) mass is 338 g/mol. The maximum absolute atomic E-state index is 6.31. The van der Waals surface area contributed by atoms with Crippen molar-refractivity contribution in [3.63, 3.8) is 0 Å². The minimum atomic E-state index is -0.719. The molecule has 0 radical (unpaired) electrons. The Balaban J connectivity index is 1.73. The summed E-state index contributed by atoms with van der Waals surface area (Å²) in [5, 5.41) is 0. The Hall–Kier alpha value is 1.74. The van der Waals surface area contributed by atoms with Crippen molar-refractivity contribution in [2.45, 2.75) is 19.4 Å². The van der Waals surface area contributed by atoms with Crippen LogP contribution in [0.5, 0.6) is 0 Å². The Morgan fingerprint density at radius 3 is 1.31 bits per heavy atom. The van der Waals surface area contributed by atoms with E-state index in [4.69, 9.17) is 69.6 Å². The van der Waals surface area contributed by atoms with E-state index in [2.05, 4.69) is 0 Å². The van der Waals surface area contributed by atoms with E-state index in [9.17, 15) is 0 Å². The molecule has 0 unspecified atom stereocenters. The fourth-order valence-electron chi connectivity index (χ4n) is 3.99. The largest absolute Gasteiger partial charge is 0.125 e. The van der Waals surface area contributed by atoms with Gasteiger partial charge in [0, 0.05) is 23.7 Å². The zero-order chi connectivity index (χ0) is 11.7. The first-order valence-electron chi connectivity index (χ1n) is 5.35. The van der Waals surface area contributed by atoms with E-state index >= 15 is 0 Å². The Morgan fingerprint density at radius 1 is 0.562 bits per heavy atom. The first kappa shape index (κ1) is 11.6. The van der Waals surface area contributed by atoms with Gasteiger partial charge in [0.1, 0.15) is 13.0 Å². The van der Waals surface area contributed by atoms with Crippen molar-refractivity contribution in [1.29, 1.82) is 0 Å². The second-order valence-electron chi connectivity index (χ2n) is 5.58. The van der Waals surface area contributed by atoms with Crippen LogP contribution in [0.25, 0.3) is 0 Å². The Morgan fingerprint density at radius 2 is 0.938 bits per heavy atom. The van der Waals surface area contributed by atoms with Gasteiger partial charge in [-0.25, -0.2) is 0 Å². The van der Waals surface area contributed by atoms with Crippen molar-refractivity contribution in [3.8, 4) is 0 Å². The minimum Gasteiger partial charge on any atom is -0.101 e. The molecule has 0 spiro atoms. The highest BCUT2D eigenvalue weighted by molar-refractivity contribution is 6.55. The third-order valence-electron chi connectivity index (χ3n) is 4.97. The zero-order valence-electron chi connectivity index (χ0n) is 7.94. The summed E-state index contributed by atoms with van der Waals surface area (Å²) in [7, 11) is 0. The number of hydrogen-bond donors (Lipinski definition) is 0. The molecule has 0 aliphatic heterocycles. The molecule has 4 aliphatic rings. The van der Waals surface area contributed by atoms with Crippen LogP contribution >= 0.6 is 69.6 Å². The molecule has 0 aromatic heterocycles. The number of halogens is 6. The van der Waals surface area contributed by atoms with Gasteiger partial charge in [-0.3, -0.25) is 0 Å². The maximum Gasteiger partial charge on any atom is 0.125 e. The van der Waals surface area contributed by atoms with E-state index < -0.39 is 13.0 Å². The summed E-state index contributed by atoms with van der Waals surface area (Å²) >= 11 is 37.7. The van der Waals surface area contributed by atoms with Crippen LogP contribution in [0.2, 0.25) is 0 Å². The summed E-state index contributed by atoms with van der Waals surface area (Å²) in [4.78, 5) is 0. The molecule has 0 amide bonds. The molecule has 6 heteroatoms. The van der Waals surface area contributed by atoms with Gasteiger partial charge in [0.15, 0.2) is 0 Å². The number of rotatable bonds is 0. The number of fused-ring (bicyclic) bond motifs is 5. The molecule has 0 saturated heterocycles. The Bertz CT molecular complexity index is 355. The molecule has 4 saturated carbocycles. The van der Waals surface area contributed by atoms with Gasteiger partial charge >= 0.3 is 0 Å². The zero-order valence-corrected chi connectivity index (χ0v) is 12.5. The van der Waals surface area contributed by atoms with Crippen molar-refractivity contribution < 1.29 is 0 Å². The van der Waals surface area contributed by atoms with Crippen LogP contribution in [0.1, 0.15) is 6.42 Å². The molecule has 0 bridgehead atoms. The predicted octanol–water partition coefficient (Wildman–Crippen LogP) is 4.65. The smallest absolute Gasteiger partial charge is 0.101 e. The lowest BCUT2D eigenvalue weighted by molar-refractivity contribution is 0.569. The molecular formula is C10H8Cl6. The van der Waals surface area contributed by atoms with Gasteiger partial charge in [-0.1, -0.05) is 0 Å². The number of alkyl halides is 6. The van der Waals surface area contributed by atoms with Crippen LogP contribution in [0, 0.1) is 35.5 Å². The molecule has 4 rings (SSSR count). The quantitative estimate of drug-likeness (QED) is 0.563. The number of hydrogen-bond acceptors (Lipinski definition) is 0. The fraction of sp³-hybridized carbons (Fsp3) is 1.00. The Kier molecular flexibility index (Phi) is 2.00. The summed E-state index contributed by atoms with van der Waals surface area (Å²) in [6.07, 6.45) is 0.909. The first-order chi connectivity index (χ1) is 7.22. The minimum absolute atomic E-state index is 0.171. The van der Waals surface area contributed by atoms with Crippen LogP contribution in [-0.4, -0.2) is 13.0 Å². The summed E-state index contributed by atoms with van der Waals surface area (Å²) in [5.74, 6) is 1.32. The lowest BCUT2D eigenvalue weighted by Gasteiger charge is -1.99. The fourth-order valence-corrected chi connectivity index (χ4v) is 6.75. The summed E-state index contributed by atoms with van der Waals surface area (Å²) in [6.45, 7) is 0. The summed E-state index contributed by atoms with van der Waals surface area (Å²) in [5.41, 5.74) is 0. The molecule has 4 aliphatic carbocycles. The molecule has 4 fully saturated rings. The average Bonchev–Trinajstić information content (AvgIpc) is 2.96. The van der Waals surface area contributed by atoms with E-state index in [1.54, 1.807) is 0 Å². The molecule has 0 nitrogen and oxygen atoms in total.